The first-order chi connectivity index (χ1) is 13.2. The number of aromatic nitrogens is 2. The maximum Gasteiger partial charge on any atom is 0.137 e. The van der Waals surface area contributed by atoms with Crippen molar-refractivity contribution < 1.29 is 4.74 Å². The van der Waals surface area contributed by atoms with Crippen molar-refractivity contribution >= 4 is 11.6 Å². The maximum atomic E-state index is 6.39. The molecule has 0 radical (unpaired) electrons. The van der Waals surface area contributed by atoms with Gasteiger partial charge in [-0.15, -0.1) is 0 Å². The molecule has 2 rings (SSSR count). The van der Waals surface area contributed by atoms with E-state index in [1.165, 1.54) is 44.9 Å². The molecule has 4 heteroatoms. The van der Waals surface area contributed by atoms with Gasteiger partial charge in [0.25, 0.3) is 0 Å². The molecule has 3 nitrogen and oxygen atoms in total. The van der Waals surface area contributed by atoms with Crippen LogP contribution in [0.5, 0.6) is 5.75 Å². The first-order valence-electron chi connectivity index (χ1n) is 10.5. The molecule has 27 heavy (non-hydrogen) atoms. The minimum absolute atomic E-state index is 0.642. The molecule has 1 aromatic heterocycles. The monoisotopic (exact) mass is 388 g/mol. The van der Waals surface area contributed by atoms with Crippen LogP contribution in [0, 0.1) is 0 Å². The topological polar surface area (TPSA) is 35.0 Å². The van der Waals surface area contributed by atoms with Crippen molar-refractivity contribution in [3.63, 3.8) is 0 Å². The average molecular weight is 389 g/mol. The molecule has 1 aromatic carbocycles. The first-order valence-corrected chi connectivity index (χ1v) is 10.9. The summed E-state index contributed by atoms with van der Waals surface area (Å²) in [4.78, 5) is 9.04. The van der Waals surface area contributed by atoms with Crippen LogP contribution in [-0.4, -0.2) is 16.6 Å². The number of aryl methyl sites for hydroxylation is 1. The third-order valence-electron chi connectivity index (χ3n) is 4.73. The molecule has 148 valence electrons. The fraction of sp³-hybridized carbons (Fsp3) is 0.565. The van der Waals surface area contributed by atoms with Gasteiger partial charge in [-0.1, -0.05) is 76.5 Å². The maximum absolute atomic E-state index is 6.39. The Labute approximate surface area is 169 Å². The number of hydrogen-bond donors (Lipinski definition) is 0. The summed E-state index contributed by atoms with van der Waals surface area (Å²) < 4.78 is 5.80. The molecule has 0 saturated heterocycles. The Hall–Kier alpha value is -1.61. The summed E-state index contributed by atoms with van der Waals surface area (Å²) in [5.41, 5.74) is 2.01. The van der Waals surface area contributed by atoms with Crippen molar-refractivity contribution in [2.45, 2.75) is 78.1 Å². The number of halogens is 1. The van der Waals surface area contributed by atoms with Gasteiger partial charge in [-0.3, -0.25) is 0 Å². The highest BCUT2D eigenvalue weighted by atomic mass is 35.5. The van der Waals surface area contributed by atoms with Gasteiger partial charge in [0, 0.05) is 24.4 Å². The SMILES string of the molecule is CCCCCCCc1ncc(-c2ccc(OCCCCCC)c(Cl)c2)cn1. The molecule has 1 heterocycles. The van der Waals surface area contributed by atoms with E-state index in [1.54, 1.807) is 0 Å². The van der Waals surface area contributed by atoms with E-state index in [1.807, 2.05) is 30.6 Å². The van der Waals surface area contributed by atoms with Crippen LogP contribution in [0.4, 0.5) is 0 Å². The summed E-state index contributed by atoms with van der Waals surface area (Å²) in [7, 11) is 0. The van der Waals surface area contributed by atoms with Crippen LogP contribution in [0.25, 0.3) is 11.1 Å². The molecular formula is C23H33ClN2O. The highest BCUT2D eigenvalue weighted by Crippen LogP contribution is 2.30. The Morgan fingerprint density at radius 2 is 1.48 bits per heavy atom. The van der Waals surface area contributed by atoms with Crippen LogP contribution in [0.2, 0.25) is 5.02 Å². The second-order valence-corrected chi connectivity index (χ2v) is 7.51. The van der Waals surface area contributed by atoms with Crippen LogP contribution in [0.15, 0.2) is 30.6 Å². The zero-order chi connectivity index (χ0) is 19.3. The van der Waals surface area contributed by atoms with E-state index in [0.717, 1.165) is 48.6 Å². The lowest BCUT2D eigenvalue weighted by molar-refractivity contribution is 0.305. The van der Waals surface area contributed by atoms with Crippen molar-refractivity contribution in [1.82, 2.24) is 9.97 Å². The van der Waals surface area contributed by atoms with E-state index in [0.29, 0.717) is 5.02 Å². The second kappa shape index (κ2) is 12.7. The van der Waals surface area contributed by atoms with Crippen molar-refractivity contribution in [2.75, 3.05) is 6.61 Å². The van der Waals surface area contributed by atoms with Gasteiger partial charge < -0.3 is 4.74 Å². The third-order valence-corrected chi connectivity index (χ3v) is 5.03. The molecule has 0 aliphatic rings. The van der Waals surface area contributed by atoms with E-state index < -0.39 is 0 Å². The number of unbranched alkanes of at least 4 members (excludes halogenated alkanes) is 7. The highest BCUT2D eigenvalue weighted by Gasteiger charge is 2.06. The Morgan fingerprint density at radius 3 is 2.15 bits per heavy atom. The molecule has 2 aromatic rings. The predicted octanol–water partition coefficient (Wildman–Crippen LogP) is 7.27. The summed E-state index contributed by atoms with van der Waals surface area (Å²) in [5.74, 6) is 1.68. The molecule has 0 saturated carbocycles. The van der Waals surface area contributed by atoms with Crippen molar-refractivity contribution in [1.29, 1.82) is 0 Å². The minimum atomic E-state index is 0.642. The summed E-state index contributed by atoms with van der Waals surface area (Å²) in [5, 5.41) is 0.642. The van der Waals surface area contributed by atoms with Gasteiger partial charge in [-0.25, -0.2) is 9.97 Å². The van der Waals surface area contributed by atoms with Gasteiger partial charge in [-0.2, -0.15) is 0 Å². The predicted molar refractivity (Wildman–Crippen MR) is 115 cm³/mol. The van der Waals surface area contributed by atoms with Gasteiger partial charge in [0.2, 0.25) is 0 Å². The molecule has 0 bridgehead atoms. The van der Waals surface area contributed by atoms with E-state index >= 15 is 0 Å². The number of rotatable bonds is 13. The van der Waals surface area contributed by atoms with E-state index in [4.69, 9.17) is 16.3 Å². The van der Waals surface area contributed by atoms with Gasteiger partial charge in [-0.05, 0) is 30.5 Å². The van der Waals surface area contributed by atoms with Gasteiger partial charge >= 0.3 is 0 Å². The molecular weight excluding hydrogens is 356 g/mol. The highest BCUT2D eigenvalue weighted by molar-refractivity contribution is 6.32. The quantitative estimate of drug-likeness (QED) is 0.338. The molecule has 0 N–H and O–H groups in total. The lowest BCUT2D eigenvalue weighted by Crippen LogP contribution is -1.98. The Balaban J connectivity index is 1.85. The molecule has 0 amide bonds. The average Bonchev–Trinajstić information content (AvgIpc) is 2.69. The van der Waals surface area contributed by atoms with Crippen molar-refractivity contribution in [3.8, 4) is 16.9 Å². The largest absolute Gasteiger partial charge is 0.492 e. The zero-order valence-electron chi connectivity index (χ0n) is 16.8. The summed E-state index contributed by atoms with van der Waals surface area (Å²) >= 11 is 6.39. The van der Waals surface area contributed by atoms with Gasteiger partial charge in [0.05, 0.1) is 11.6 Å². The van der Waals surface area contributed by atoms with Crippen molar-refractivity contribution in [3.05, 3.63) is 41.4 Å². The normalized spacial score (nSPS) is 10.9. The van der Waals surface area contributed by atoms with Crippen molar-refractivity contribution in [2.24, 2.45) is 0 Å². The first kappa shape index (κ1) is 21.7. The summed E-state index contributed by atoms with van der Waals surface area (Å²) in [6.07, 6.45) is 15.8. The Morgan fingerprint density at radius 1 is 0.815 bits per heavy atom. The minimum Gasteiger partial charge on any atom is -0.492 e. The fourth-order valence-corrected chi connectivity index (χ4v) is 3.26. The smallest absolute Gasteiger partial charge is 0.137 e. The molecule has 0 aliphatic heterocycles. The van der Waals surface area contributed by atoms with E-state index in [-0.39, 0.29) is 0 Å². The molecule has 0 aliphatic carbocycles. The fourth-order valence-electron chi connectivity index (χ4n) is 3.03. The number of hydrogen-bond acceptors (Lipinski definition) is 3. The Kier molecular flexibility index (Phi) is 10.2. The lowest BCUT2D eigenvalue weighted by Gasteiger charge is -2.10. The number of benzene rings is 1. The van der Waals surface area contributed by atoms with Crippen LogP contribution in [-0.2, 0) is 6.42 Å². The van der Waals surface area contributed by atoms with E-state index in [2.05, 4.69) is 23.8 Å². The molecule has 0 spiro atoms. The van der Waals surface area contributed by atoms with Gasteiger partial charge in [0.15, 0.2) is 0 Å². The van der Waals surface area contributed by atoms with Crippen LogP contribution < -0.4 is 4.74 Å². The lowest BCUT2D eigenvalue weighted by atomic mass is 10.1. The number of nitrogens with zero attached hydrogens (tertiary/aromatic N) is 2. The standard InChI is InChI=1S/C23H33ClN2O/c1-3-5-7-9-10-12-23-25-17-20(18-26-23)19-13-14-22(21(24)16-19)27-15-11-8-6-4-2/h13-14,16-18H,3-12,15H2,1-2H3. The van der Waals surface area contributed by atoms with Crippen LogP contribution in [0.1, 0.15) is 77.5 Å². The van der Waals surface area contributed by atoms with E-state index in [9.17, 15) is 0 Å². The summed E-state index contributed by atoms with van der Waals surface area (Å²) in [6.45, 7) is 5.16. The third kappa shape index (κ3) is 7.88. The van der Waals surface area contributed by atoms with Crippen LogP contribution in [0.3, 0.4) is 0 Å². The number of ether oxygens (including phenoxy) is 1. The summed E-state index contributed by atoms with van der Waals surface area (Å²) in [6, 6.07) is 5.90. The second-order valence-electron chi connectivity index (χ2n) is 7.11. The molecule has 0 fully saturated rings. The van der Waals surface area contributed by atoms with Crippen LogP contribution >= 0.6 is 11.6 Å². The zero-order valence-corrected chi connectivity index (χ0v) is 17.6. The van der Waals surface area contributed by atoms with Gasteiger partial charge in [0.1, 0.15) is 11.6 Å². The Bertz CT molecular complexity index is 658. The molecule has 0 unspecified atom stereocenters. The molecule has 0 atom stereocenters.